The fourth-order valence-electron chi connectivity index (χ4n) is 5.02. The van der Waals surface area contributed by atoms with Gasteiger partial charge in [-0.3, -0.25) is 19.2 Å². The van der Waals surface area contributed by atoms with Gasteiger partial charge in [0, 0.05) is 56.3 Å². The number of hydrogen-bond acceptors (Lipinski definition) is 10. The molecule has 0 atom stereocenters. The summed E-state index contributed by atoms with van der Waals surface area (Å²) >= 11 is 0. The molecule has 1 aliphatic rings. The van der Waals surface area contributed by atoms with Gasteiger partial charge in [0.15, 0.2) is 0 Å². The highest BCUT2D eigenvalue weighted by atomic mass is 19.1. The second-order valence-corrected chi connectivity index (χ2v) is 9.97. The van der Waals surface area contributed by atoms with E-state index >= 15 is 0 Å². The van der Waals surface area contributed by atoms with Crippen LogP contribution in [0.3, 0.4) is 0 Å². The van der Waals surface area contributed by atoms with Gasteiger partial charge in [-0.25, -0.2) is 18.8 Å². The summed E-state index contributed by atoms with van der Waals surface area (Å²) in [6.07, 6.45) is 3.17. The Bertz CT molecular complexity index is 1870. The molecule has 220 valence electrons. The Morgan fingerprint density at radius 2 is 1.74 bits per heavy atom. The maximum Gasteiger partial charge on any atom is 0.368 e. The van der Waals surface area contributed by atoms with Crippen molar-refractivity contribution in [2.24, 2.45) is 0 Å². The summed E-state index contributed by atoms with van der Waals surface area (Å²) in [5.74, 6) is 0.196. The highest BCUT2D eigenvalue weighted by Gasteiger charge is 2.20. The lowest BCUT2D eigenvalue weighted by molar-refractivity contribution is 0.254. The van der Waals surface area contributed by atoms with Crippen molar-refractivity contribution in [1.82, 2.24) is 19.0 Å². The van der Waals surface area contributed by atoms with E-state index in [1.807, 2.05) is 6.07 Å². The summed E-state index contributed by atoms with van der Waals surface area (Å²) in [5.41, 5.74) is -1.72. The summed E-state index contributed by atoms with van der Waals surface area (Å²) in [5, 5.41) is 0. The number of methoxy groups -OCH3 is 1. The number of ether oxygens (including phenoxy) is 1. The van der Waals surface area contributed by atoms with E-state index in [0.29, 0.717) is 22.3 Å². The Labute approximate surface area is 238 Å². The van der Waals surface area contributed by atoms with E-state index in [1.54, 1.807) is 18.3 Å². The summed E-state index contributed by atoms with van der Waals surface area (Å²) in [6.45, 7) is 5.50. The molecule has 6 rings (SSSR count). The monoisotopic (exact) mass is 579 g/mol. The Morgan fingerprint density at radius 3 is 2.50 bits per heavy atom. The van der Waals surface area contributed by atoms with Gasteiger partial charge < -0.3 is 18.6 Å². The van der Waals surface area contributed by atoms with Crippen LogP contribution in [0.2, 0.25) is 0 Å². The highest BCUT2D eigenvalue weighted by molar-refractivity contribution is 5.59. The first kappa shape index (κ1) is 28.7. The number of piperazine rings is 1. The predicted molar refractivity (Wildman–Crippen MR) is 152 cm³/mol. The lowest BCUT2D eigenvalue weighted by Crippen LogP contribution is -2.46. The molecule has 0 spiro atoms. The van der Waals surface area contributed by atoms with Gasteiger partial charge in [-0.1, -0.05) is 4.57 Å². The van der Waals surface area contributed by atoms with Gasteiger partial charge in [-0.05, 0) is 56.1 Å². The van der Waals surface area contributed by atoms with E-state index in [4.69, 9.17) is 13.7 Å². The van der Waals surface area contributed by atoms with Gasteiger partial charge in [0.1, 0.15) is 11.6 Å². The molecule has 0 aliphatic carbocycles. The minimum Gasteiger partial charge on any atom is -0.494 e. The Morgan fingerprint density at radius 1 is 0.976 bits per heavy atom. The van der Waals surface area contributed by atoms with E-state index < -0.39 is 22.5 Å². The van der Waals surface area contributed by atoms with Crippen molar-refractivity contribution < 1.29 is 18.1 Å². The first-order chi connectivity index (χ1) is 20.2. The number of benzene rings is 1. The number of rotatable bonds is 8. The molecule has 0 N–H and O–H groups in total. The number of aryl methyl sites for hydroxylation is 2. The zero-order valence-corrected chi connectivity index (χ0v) is 23.2. The van der Waals surface area contributed by atoms with Crippen LogP contribution in [0, 0.1) is 12.7 Å². The summed E-state index contributed by atoms with van der Waals surface area (Å²) in [4.78, 5) is 58.8. The maximum absolute atomic E-state index is 13.6. The van der Waals surface area contributed by atoms with Crippen molar-refractivity contribution in [3.05, 3.63) is 113 Å². The molecule has 13 heteroatoms. The molecule has 5 heterocycles. The second-order valence-electron chi connectivity index (χ2n) is 9.97. The smallest absolute Gasteiger partial charge is 0.368 e. The lowest BCUT2D eigenvalue weighted by Gasteiger charge is -2.36. The normalized spacial score (nSPS) is 13.8. The minimum absolute atomic E-state index is 0.0475. The molecule has 1 fully saturated rings. The van der Waals surface area contributed by atoms with Crippen LogP contribution in [0.5, 0.6) is 5.75 Å². The van der Waals surface area contributed by atoms with Crippen molar-refractivity contribution in [1.29, 1.82) is 0 Å². The van der Waals surface area contributed by atoms with Crippen molar-refractivity contribution in [2.45, 2.75) is 26.3 Å². The molecule has 0 amide bonds. The van der Waals surface area contributed by atoms with E-state index in [-0.39, 0.29) is 23.6 Å². The van der Waals surface area contributed by atoms with Gasteiger partial charge >= 0.3 is 16.9 Å². The van der Waals surface area contributed by atoms with Crippen LogP contribution in [0.1, 0.15) is 23.2 Å². The van der Waals surface area contributed by atoms with Crippen LogP contribution in [0.15, 0.2) is 76.8 Å². The highest BCUT2D eigenvalue weighted by Crippen LogP contribution is 2.29. The number of aromatic nitrogens is 3. The van der Waals surface area contributed by atoms with E-state index in [2.05, 4.69) is 14.8 Å². The number of nitrogens with zero attached hydrogens (tertiary/aromatic N) is 5. The predicted octanol–water partition coefficient (Wildman–Crippen LogP) is 1.58. The van der Waals surface area contributed by atoms with Gasteiger partial charge in [-0.2, -0.15) is 0 Å². The zero-order valence-electron chi connectivity index (χ0n) is 23.2. The molecule has 1 aliphatic heterocycles. The van der Waals surface area contributed by atoms with Crippen LogP contribution in [0.4, 0.5) is 10.1 Å². The van der Waals surface area contributed by atoms with Crippen molar-refractivity contribution >= 4 is 11.4 Å². The molecule has 0 radical (unpaired) electrons. The Kier molecular flexibility index (Phi) is 8.48. The molecular weight excluding hydrogens is 549 g/mol. The third-order valence-electron chi connectivity index (χ3n) is 7.19. The standard InChI is InChI=1S/C29H30FN5O7/c1-19-27(38)35-29(39)34(28(19)41-25(36)7-8-26(37)42-35)18-20-9-10-31-22(16-20)4-3-11-32-12-14-33(15-13-32)23-6-5-21(30)17-24(23)40-2/h5-10,16-17H,3-4,11-15,18H2,1-2H3. The topological polar surface area (TPSA) is 132 Å². The molecule has 12 nitrogen and oxygen atoms in total. The van der Waals surface area contributed by atoms with Crippen LogP contribution >= 0.6 is 0 Å². The van der Waals surface area contributed by atoms with E-state index in [9.17, 15) is 23.6 Å². The fraction of sp³-hybridized carbons (Fsp3) is 0.345. The SMILES string of the molecule is COc1cc(F)ccc1N1CCN(CCCc2cc(Cn3c(=O)n4oc(=O)ccc(=O)oc3c(C)c4=O)ccn2)CC1. The molecule has 1 aromatic carbocycles. The number of anilines is 1. The molecule has 0 unspecified atom stereocenters. The molecule has 1 saturated heterocycles. The number of pyridine rings is 1. The third-order valence-corrected chi connectivity index (χ3v) is 7.19. The summed E-state index contributed by atoms with van der Waals surface area (Å²) in [6, 6.07) is 9.79. The minimum atomic E-state index is -1.06. The van der Waals surface area contributed by atoms with Crippen LogP contribution in [-0.2, 0) is 13.0 Å². The third kappa shape index (κ3) is 6.25. The summed E-state index contributed by atoms with van der Waals surface area (Å²) < 4.78 is 30.5. The summed E-state index contributed by atoms with van der Waals surface area (Å²) in [7, 11) is 1.54. The van der Waals surface area contributed by atoms with Crippen LogP contribution in [-0.4, -0.2) is 58.9 Å². The van der Waals surface area contributed by atoms with Crippen LogP contribution < -0.4 is 32.1 Å². The van der Waals surface area contributed by atoms with E-state index in [1.165, 1.54) is 26.2 Å². The zero-order chi connectivity index (χ0) is 29.8. The van der Waals surface area contributed by atoms with E-state index in [0.717, 1.165) is 67.2 Å². The number of fused-ring (bicyclic) bond motifs is 7. The van der Waals surface area contributed by atoms with Crippen molar-refractivity contribution in [3.8, 4) is 5.75 Å². The number of halogens is 1. The molecule has 0 saturated carbocycles. The van der Waals surface area contributed by atoms with Crippen molar-refractivity contribution in [3.63, 3.8) is 0 Å². The van der Waals surface area contributed by atoms with Crippen molar-refractivity contribution in [2.75, 3.05) is 44.7 Å². The molecule has 5 aromatic rings. The largest absolute Gasteiger partial charge is 0.494 e. The first-order valence-electron chi connectivity index (χ1n) is 13.5. The first-order valence-corrected chi connectivity index (χ1v) is 13.5. The van der Waals surface area contributed by atoms with Gasteiger partial charge in [0.25, 0.3) is 5.56 Å². The molecular formula is C29H30FN5O7. The average molecular weight is 580 g/mol. The second kappa shape index (κ2) is 12.4. The quantitative estimate of drug-likeness (QED) is 0.303. The molecule has 42 heavy (non-hydrogen) atoms. The molecule has 2 bridgehead atoms. The number of hydrogen-bond donors (Lipinski definition) is 0. The Balaban J connectivity index is 1.26. The fourth-order valence-corrected chi connectivity index (χ4v) is 5.02. The van der Waals surface area contributed by atoms with Gasteiger partial charge in [0.05, 0.1) is 24.9 Å². The molecule has 4 aromatic heterocycles. The van der Waals surface area contributed by atoms with Gasteiger partial charge in [-0.15, -0.1) is 0 Å². The van der Waals surface area contributed by atoms with Gasteiger partial charge in [0.2, 0.25) is 5.71 Å². The lowest BCUT2D eigenvalue weighted by atomic mass is 10.1. The maximum atomic E-state index is 13.6. The Hall–Kier alpha value is -4.78. The average Bonchev–Trinajstić information content (AvgIpc) is 2.99. The van der Waals surface area contributed by atoms with Crippen LogP contribution in [0.25, 0.3) is 5.71 Å².